The van der Waals surface area contributed by atoms with Gasteiger partial charge in [0.2, 0.25) is 0 Å². The van der Waals surface area contributed by atoms with Crippen molar-refractivity contribution in [2.75, 3.05) is 13.2 Å². The molecule has 0 saturated heterocycles. The maximum absolute atomic E-state index is 10.4. The van der Waals surface area contributed by atoms with E-state index < -0.39 is 51.5 Å². The van der Waals surface area contributed by atoms with Gasteiger partial charge in [-0.25, -0.2) is 12.6 Å². The third kappa shape index (κ3) is 14.0. The number of hydrogen-bond acceptors (Lipinski definition) is 9. The lowest BCUT2D eigenvalue weighted by molar-refractivity contribution is 0.107. The molecule has 19 heavy (non-hydrogen) atoms. The molecule has 0 radical (unpaired) electrons. The molecule has 0 heterocycles. The van der Waals surface area contributed by atoms with Gasteiger partial charge in [0.05, 0.1) is 24.6 Å². The standard InChI is InChI=1S/C5H12O11S3/c6-17(7)14-4-5(16-19(11,12)13)2-1-3-15-18(8,9)10/h5H,1-4H2,(H,6,7)(H,8,9,10)(H,11,12,13)/p-1. The quantitative estimate of drug-likeness (QED) is 0.270. The normalized spacial score (nSPS) is 16.2. The van der Waals surface area contributed by atoms with Crippen molar-refractivity contribution in [3.8, 4) is 0 Å². The third-order valence-corrected chi connectivity index (χ3v) is 2.82. The minimum Gasteiger partial charge on any atom is -0.750 e. The number of rotatable bonds is 10. The zero-order valence-corrected chi connectivity index (χ0v) is 11.6. The van der Waals surface area contributed by atoms with Gasteiger partial charge in [0.1, 0.15) is 6.10 Å². The molecule has 14 heteroatoms. The largest absolute Gasteiger partial charge is 0.750 e. The minimum atomic E-state index is -4.83. The van der Waals surface area contributed by atoms with Crippen molar-refractivity contribution in [1.82, 2.24) is 0 Å². The second-order valence-electron chi connectivity index (χ2n) is 3.03. The van der Waals surface area contributed by atoms with Crippen molar-refractivity contribution in [2.45, 2.75) is 18.9 Å². The van der Waals surface area contributed by atoms with E-state index in [1.54, 1.807) is 0 Å². The fraction of sp³-hybridized carbons (Fsp3) is 1.00. The average Bonchev–Trinajstić information content (AvgIpc) is 2.17. The SMILES string of the molecule is O=S([O-])OCC(CCCOS(=O)(=O)O)OS(=O)(=O)O. The molecule has 2 N–H and O–H groups in total. The van der Waals surface area contributed by atoms with Crippen LogP contribution in [0.15, 0.2) is 0 Å². The molecule has 0 aliphatic heterocycles. The monoisotopic (exact) mass is 343 g/mol. The summed E-state index contributed by atoms with van der Waals surface area (Å²) in [6, 6.07) is 0. The molecule has 2 unspecified atom stereocenters. The molecule has 0 fully saturated rings. The second-order valence-corrected chi connectivity index (χ2v) is 5.81. The van der Waals surface area contributed by atoms with Gasteiger partial charge in [-0.2, -0.15) is 16.8 Å². The Kier molecular flexibility index (Phi) is 8.09. The van der Waals surface area contributed by atoms with Crippen molar-refractivity contribution in [3.63, 3.8) is 0 Å². The average molecular weight is 343 g/mol. The third-order valence-electron chi connectivity index (χ3n) is 1.51. The van der Waals surface area contributed by atoms with E-state index in [1.807, 2.05) is 0 Å². The van der Waals surface area contributed by atoms with Crippen LogP contribution in [0.4, 0.5) is 0 Å². The molecule has 0 aromatic rings. The van der Waals surface area contributed by atoms with Gasteiger partial charge in [0.15, 0.2) is 0 Å². The number of hydrogen-bond donors (Lipinski definition) is 2. The second kappa shape index (κ2) is 8.18. The summed E-state index contributed by atoms with van der Waals surface area (Å²) in [6.45, 7) is -1.20. The van der Waals surface area contributed by atoms with E-state index in [4.69, 9.17) is 9.11 Å². The van der Waals surface area contributed by atoms with Gasteiger partial charge in [-0.3, -0.25) is 13.3 Å². The van der Waals surface area contributed by atoms with Crippen molar-refractivity contribution in [1.29, 1.82) is 0 Å². The molecule has 0 aliphatic rings. The molecule has 0 aromatic heterocycles. The van der Waals surface area contributed by atoms with E-state index in [2.05, 4.69) is 12.5 Å². The molecule has 0 aromatic carbocycles. The smallest absolute Gasteiger partial charge is 0.397 e. The molecule has 0 spiro atoms. The van der Waals surface area contributed by atoms with Crippen LogP contribution in [0.3, 0.4) is 0 Å². The van der Waals surface area contributed by atoms with E-state index >= 15 is 0 Å². The minimum absolute atomic E-state index is 0.116. The van der Waals surface area contributed by atoms with E-state index in [9.17, 15) is 25.6 Å². The Hall–Kier alpha value is -0.190. The Morgan fingerprint density at radius 1 is 1.16 bits per heavy atom. The molecule has 0 rings (SSSR count). The maximum Gasteiger partial charge on any atom is 0.397 e. The first-order valence-electron chi connectivity index (χ1n) is 4.49. The Morgan fingerprint density at radius 3 is 2.16 bits per heavy atom. The van der Waals surface area contributed by atoms with Crippen LogP contribution in [0.2, 0.25) is 0 Å². The molecule has 0 saturated carbocycles. The summed E-state index contributed by atoms with van der Waals surface area (Å²) < 4.78 is 90.1. The van der Waals surface area contributed by atoms with Crippen LogP contribution in [-0.4, -0.2) is 54.0 Å². The Balaban J connectivity index is 4.22. The highest BCUT2D eigenvalue weighted by Crippen LogP contribution is 2.08. The zero-order chi connectivity index (χ0) is 15.1. The van der Waals surface area contributed by atoms with Crippen LogP contribution in [0, 0.1) is 0 Å². The summed E-state index contributed by atoms with van der Waals surface area (Å²) in [5, 5.41) is 0. The van der Waals surface area contributed by atoms with Crippen LogP contribution in [-0.2, 0) is 44.7 Å². The molecule has 2 atom stereocenters. The van der Waals surface area contributed by atoms with Gasteiger partial charge >= 0.3 is 20.8 Å². The van der Waals surface area contributed by atoms with Crippen LogP contribution in [0.1, 0.15) is 12.8 Å². The lowest BCUT2D eigenvalue weighted by Gasteiger charge is -2.15. The van der Waals surface area contributed by atoms with Crippen molar-refractivity contribution >= 4 is 32.2 Å². The van der Waals surface area contributed by atoms with Crippen LogP contribution >= 0.6 is 0 Å². The van der Waals surface area contributed by atoms with E-state index in [0.29, 0.717) is 0 Å². The zero-order valence-electron chi connectivity index (χ0n) is 9.20. The summed E-state index contributed by atoms with van der Waals surface area (Å²) in [4.78, 5) is 0. The lowest BCUT2D eigenvalue weighted by Crippen LogP contribution is -2.24. The van der Waals surface area contributed by atoms with E-state index in [1.165, 1.54) is 0 Å². The highest BCUT2D eigenvalue weighted by atomic mass is 32.3. The summed E-state index contributed by atoms with van der Waals surface area (Å²) in [7, 11) is -9.45. The highest BCUT2D eigenvalue weighted by Gasteiger charge is 2.18. The van der Waals surface area contributed by atoms with Crippen LogP contribution in [0.5, 0.6) is 0 Å². The first kappa shape index (κ1) is 18.8. The lowest BCUT2D eigenvalue weighted by atomic mass is 10.2. The van der Waals surface area contributed by atoms with Crippen LogP contribution < -0.4 is 0 Å². The maximum atomic E-state index is 10.4. The predicted octanol–water partition coefficient (Wildman–Crippen LogP) is -1.42. The summed E-state index contributed by atoms with van der Waals surface area (Å²) in [5.41, 5.74) is 0. The predicted molar refractivity (Wildman–Crippen MR) is 58.0 cm³/mol. The van der Waals surface area contributed by atoms with Crippen molar-refractivity contribution in [2.24, 2.45) is 0 Å². The Bertz CT molecular complexity index is 478. The molecule has 116 valence electrons. The van der Waals surface area contributed by atoms with Gasteiger partial charge in [0.25, 0.3) is 0 Å². The molecule has 11 nitrogen and oxygen atoms in total. The van der Waals surface area contributed by atoms with Gasteiger partial charge in [-0.05, 0) is 12.8 Å². The fourth-order valence-corrected chi connectivity index (χ4v) is 2.02. The molecule has 0 amide bonds. The first-order chi connectivity index (χ1) is 8.49. The Morgan fingerprint density at radius 2 is 1.74 bits per heavy atom. The summed E-state index contributed by atoms with van der Waals surface area (Å²) in [5.74, 6) is 0. The molecular weight excluding hydrogens is 332 g/mol. The van der Waals surface area contributed by atoms with Gasteiger partial charge in [-0.1, -0.05) is 0 Å². The van der Waals surface area contributed by atoms with Gasteiger partial charge in [-0.15, -0.1) is 0 Å². The topological polar surface area (TPSA) is 177 Å². The molecule has 0 aliphatic carbocycles. The van der Waals surface area contributed by atoms with Crippen molar-refractivity contribution in [3.05, 3.63) is 0 Å². The van der Waals surface area contributed by atoms with E-state index in [-0.39, 0.29) is 12.8 Å². The van der Waals surface area contributed by atoms with E-state index in [0.717, 1.165) is 0 Å². The fourth-order valence-electron chi connectivity index (χ4n) is 0.938. The molecule has 0 bridgehead atoms. The summed E-state index contributed by atoms with van der Waals surface area (Å²) >= 11 is -2.91. The first-order valence-corrected chi connectivity index (χ1v) is 8.22. The highest BCUT2D eigenvalue weighted by molar-refractivity contribution is 7.81. The van der Waals surface area contributed by atoms with Crippen molar-refractivity contribution < 1.29 is 47.3 Å². The van der Waals surface area contributed by atoms with Crippen LogP contribution in [0.25, 0.3) is 0 Å². The summed E-state index contributed by atoms with van der Waals surface area (Å²) in [6.07, 6.45) is -1.70. The Labute approximate surface area is 112 Å². The molecular formula is C5H11O11S3-. The van der Waals surface area contributed by atoms with Gasteiger partial charge < -0.3 is 4.55 Å². The van der Waals surface area contributed by atoms with Gasteiger partial charge in [0, 0.05) is 0 Å².